The molecule has 2 aromatic carbocycles. The molecular formula is C18H20FNO2S. The van der Waals surface area contributed by atoms with Crippen LogP contribution in [0.1, 0.15) is 35.6 Å². The molecule has 1 heterocycles. The molecule has 1 aliphatic heterocycles. The largest absolute Gasteiger partial charge is 0.243 e. The van der Waals surface area contributed by atoms with E-state index in [-0.39, 0.29) is 11.9 Å². The molecular weight excluding hydrogens is 313 g/mol. The van der Waals surface area contributed by atoms with Gasteiger partial charge in [-0.25, -0.2) is 12.8 Å². The molecule has 1 fully saturated rings. The summed E-state index contributed by atoms with van der Waals surface area (Å²) < 4.78 is 41.3. The summed E-state index contributed by atoms with van der Waals surface area (Å²) in [6, 6.07) is 11.4. The Balaban J connectivity index is 2.03. The zero-order valence-electron chi connectivity index (χ0n) is 13.3. The van der Waals surface area contributed by atoms with Gasteiger partial charge in [-0.1, -0.05) is 24.3 Å². The van der Waals surface area contributed by atoms with Gasteiger partial charge in [0.2, 0.25) is 10.0 Å². The Morgan fingerprint density at radius 1 is 1.13 bits per heavy atom. The van der Waals surface area contributed by atoms with Crippen LogP contribution in [0.15, 0.2) is 47.4 Å². The zero-order chi connectivity index (χ0) is 16.6. The minimum Gasteiger partial charge on any atom is -0.207 e. The maximum Gasteiger partial charge on any atom is 0.243 e. The number of rotatable bonds is 3. The van der Waals surface area contributed by atoms with E-state index in [9.17, 15) is 12.8 Å². The number of nitrogens with zero attached hydrogens (tertiary/aromatic N) is 1. The molecule has 0 aromatic heterocycles. The Labute approximate surface area is 136 Å². The van der Waals surface area contributed by atoms with Crippen LogP contribution in [0.25, 0.3) is 0 Å². The molecule has 3 rings (SSSR count). The number of sulfonamides is 1. The highest BCUT2D eigenvalue weighted by Crippen LogP contribution is 2.37. The van der Waals surface area contributed by atoms with E-state index >= 15 is 0 Å². The van der Waals surface area contributed by atoms with Crippen LogP contribution in [-0.2, 0) is 10.0 Å². The standard InChI is InChI=1S/C18H20FNO2S/c1-13-8-9-14(2)18(11-13)23(21,22)20-10-4-7-17(20)15-5-3-6-16(19)12-15/h3,5-6,8-9,11-12,17H,4,7,10H2,1-2H3/t17-/m0/s1. The van der Waals surface area contributed by atoms with Crippen molar-refractivity contribution in [3.05, 3.63) is 65.0 Å². The molecule has 0 aliphatic carbocycles. The van der Waals surface area contributed by atoms with Crippen molar-refractivity contribution in [2.45, 2.75) is 37.6 Å². The molecule has 2 aromatic rings. The summed E-state index contributed by atoms with van der Waals surface area (Å²) in [6.07, 6.45) is 1.50. The summed E-state index contributed by atoms with van der Waals surface area (Å²) in [5, 5.41) is 0. The Morgan fingerprint density at radius 2 is 1.91 bits per heavy atom. The van der Waals surface area contributed by atoms with E-state index in [1.807, 2.05) is 19.1 Å². The second-order valence-corrected chi connectivity index (χ2v) is 7.96. The summed E-state index contributed by atoms with van der Waals surface area (Å²) in [6.45, 7) is 4.16. The van der Waals surface area contributed by atoms with Crippen LogP contribution in [0, 0.1) is 19.7 Å². The Morgan fingerprint density at radius 3 is 2.65 bits per heavy atom. The van der Waals surface area contributed by atoms with Crippen molar-refractivity contribution in [1.82, 2.24) is 4.31 Å². The smallest absolute Gasteiger partial charge is 0.207 e. The van der Waals surface area contributed by atoms with E-state index in [1.165, 1.54) is 16.4 Å². The summed E-state index contributed by atoms with van der Waals surface area (Å²) in [7, 11) is -3.59. The molecule has 122 valence electrons. The van der Waals surface area contributed by atoms with E-state index in [1.54, 1.807) is 25.1 Å². The fourth-order valence-electron chi connectivity index (χ4n) is 3.19. The second kappa shape index (κ2) is 6.06. The van der Waals surface area contributed by atoms with Gasteiger partial charge in [0.1, 0.15) is 5.82 Å². The van der Waals surface area contributed by atoms with Crippen LogP contribution < -0.4 is 0 Å². The first-order chi connectivity index (χ1) is 10.9. The molecule has 3 nitrogen and oxygen atoms in total. The maximum absolute atomic E-state index is 13.5. The van der Waals surface area contributed by atoms with Gasteiger partial charge in [-0.3, -0.25) is 0 Å². The Bertz CT molecular complexity index is 833. The number of hydrogen-bond acceptors (Lipinski definition) is 2. The number of halogens is 1. The van der Waals surface area contributed by atoms with Crippen molar-refractivity contribution in [3.8, 4) is 0 Å². The van der Waals surface area contributed by atoms with Crippen LogP contribution in [0.5, 0.6) is 0 Å². The lowest BCUT2D eigenvalue weighted by Crippen LogP contribution is -2.31. The molecule has 0 radical (unpaired) electrons. The minimum atomic E-state index is -3.59. The van der Waals surface area contributed by atoms with Crippen molar-refractivity contribution in [3.63, 3.8) is 0 Å². The van der Waals surface area contributed by atoms with E-state index in [4.69, 9.17) is 0 Å². The van der Waals surface area contributed by atoms with Crippen molar-refractivity contribution in [1.29, 1.82) is 0 Å². The topological polar surface area (TPSA) is 37.4 Å². The first kappa shape index (κ1) is 16.1. The molecule has 0 amide bonds. The molecule has 23 heavy (non-hydrogen) atoms. The zero-order valence-corrected chi connectivity index (χ0v) is 14.1. The Kier molecular flexibility index (Phi) is 4.25. The van der Waals surface area contributed by atoms with Gasteiger partial charge >= 0.3 is 0 Å². The van der Waals surface area contributed by atoms with Crippen molar-refractivity contribution < 1.29 is 12.8 Å². The maximum atomic E-state index is 13.5. The molecule has 0 saturated carbocycles. The van der Waals surface area contributed by atoms with Crippen molar-refractivity contribution >= 4 is 10.0 Å². The van der Waals surface area contributed by atoms with E-state index < -0.39 is 10.0 Å². The second-order valence-electron chi connectivity index (χ2n) is 6.10. The molecule has 0 spiro atoms. The first-order valence-corrected chi connectivity index (χ1v) is 9.18. The molecule has 0 N–H and O–H groups in total. The fraction of sp³-hybridized carbons (Fsp3) is 0.333. The molecule has 5 heteroatoms. The molecule has 1 atom stereocenters. The summed E-state index contributed by atoms with van der Waals surface area (Å²) in [4.78, 5) is 0.348. The molecule has 0 unspecified atom stereocenters. The third-order valence-corrected chi connectivity index (χ3v) is 6.42. The van der Waals surface area contributed by atoms with Gasteiger partial charge in [-0.2, -0.15) is 4.31 Å². The van der Waals surface area contributed by atoms with Crippen LogP contribution >= 0.6 is 0 Å². The quantitative estimate of drug-likeness (QED) is 0.852. The van der Waals surface area contributed by atoms with Crippen molar-refractivity contribution in [2.75, 3.05) is 6.54 Å². The predicted molar refractivity (Wildman–Crippen MR) is 88.2 cm³/mol. The van der Waals surface area contributed by atoms with Crippen molar-refractivity contribution in [2.24, 2.45) is 0 Å². The fourth-order valence-corrected chi connectivity index (χ4v) is 5.18. The third-order valence-electron chi connectivity index (χ3n) is 4.37. The van der Waals surface area contributed by atoms with Crippen LogP contribution in [0.4, 0.5) is 4.39 Å². The number of benzene rings is 2. The van der Waals surface area contributed by atoms with Gasteiger partial charge in [0.15, 0.2) is 0 Å². The molecule has 0 bridgehead atoms. The average Bonchev–Trinajstić information content (AvgIpc) is 3.00. The monoisotopic (exact) mass is 333 g/mol. The lowest BCUT2D eigenvalue weighted by molar-refractivity contribution is 0.395. The highest BCUT2D eigenvalue weighted by molar-refractivity contribution is 7.89. The lowest BCUT2D eigenvalue weighted by Gasteiger charge is -2.25. The molecule has 1 aliphatic rings. The van der Waals surface area contributed by atoms with Crippen LogP contribution in [-0.4, -0.2) is 19.3 Å². The van der Waals surface area contributed by atoms with Gasteiger partial charge in [0.05, 0.1) is 10.9 Å². The predicted octanol–water partition coefficient (Wildman–Crippen LogP) is 3.97. The van der Waals surface area contributed by atoms with Gasteiger partial charge < -0.3 is 0 Å². The summed E-state index contributed by atoms with van der Waals surface area (Å²) >= 11 is 0. The normalized spacial score (nSPS) is 19.2. The number of aryl methyl sites for hydroxylation is 2. The summed E-state index contributed by atoms with van der Waals surface area (Å²) in [5.41, 5.74) is 2.37. The highest BCUT2D eigenvalue weighted by atomic mass is 32.2. The van der Waals surface area contributed by atoms with Crippen LogP contribution in [0.2, 0.25) is 0 Å². The number of hydrogen-bond donors (Lipinski definition) is 0. The van der Waals surface area contributed by atoms with Gasteiger partial charge in [-0.15, -0.1) is 0 Å². The Hall–Kier alpha value is -1.72. The van der Waals surface area contributed by atoms with E-state index in [0.29, 0.717) is 17.9 Å². The van der Waals surface area contributed by atoms with Gasteiger partial charge in [-0.05, 0) is 61.6 Å². The third kappa shape index (κ3) is 3.03. The minimum absolute atomic E-state index is 0.296. The van der Waals surface area contributed by atoms with Gasteiger partial charge in [0, 0.05) is 6.54 Å². The summed E-state index contributed by atoms with van der Waals surface area (Å²) in [5.74, 6) is -0.335. The molecule has 1 saturated heterocycles. The average molecular weight is 333 g/mol. The highest BCUT2D eigenvalue weighted by Gasteiger charge is 2.36. The SMILES string of the molecule is Cc1ccc(C)c(S(=O)(=O)N2CCC[C@H]2c2cccc(F)c2)c1. The van der Waals surface area contributed by atoms with Crippen LogP contribution in [0.3, 0.4) is 0 Å². The van der Waals surface area contributed by atoms with E-state index in [2.05, 4.69) is 0 Å². The first-order valence-electron chi connectivity index (χ1n) is 7.74. The van der Waals surface area contributed by atoms with E-state index in [0.717, 1.165) is 23.1 Å². The lowest BCUT2D eigenvalue weighted by atomic mass is 10.1. The van der Waals surface area contributed by atoms with Gasteiger partial charge in [0.25, 0.3) is 0 Å².